The number of ether oxygens (including phenoxy) is 1. The Morgan fingerprint density at radius 3 is 2.97 bits per heavy atom. The van der Waals surface area contributed by atoms with Crippen LogP contribution in [0.1, 0.15) is 42.0 Å². The second-order valence-electron chi connectivity index (χ2n) is 8.66. The first kappa shape index (κ1) is 20.7. The van der Waals surface area contributed by atoms with Crippen molar-refractivity contribution < 1.29 is 9.84 Å². The molecule has 162 valence electrons. The molecule has 6 nitrogen and oxygen atoms in total. The standard InChI is InChI=1S/C25H23ClN4O2/c1-25(14-31)6-4-19-17(13-27)9-16(11-20(19)25)21-5-7-28-24(29-21)30-22-12-18(26)10-15-3-2-8-32-23(15)22/h5,7,9-12,31H,2-4,6,8,14H2,1H3,(H,28,29,30). The van der Waals surface area contributed by atoms with Crippen LogP contribution in [0.3, 0.4) is 0 Å². The fourth-order valence-corrected chi connectivity index (χ4v) is 4.90. The maximum absolute atomic E-state index is 9.98. The molecule has 0 saturated carbocycles. The Kier molecular flexibility index (Phi) is 5.24. The molecule has 3 aromatic rings. The normalized spacial score (nSPS) is 18.9. The lowest BCUT2D eigenvalue weighted by atomic mass is 9.83. The number of aliphatic hydroxyl groups is 1. The molecule has 1 aliphatic heterocycles. The fourth-order valence-electron chi connectivity index (χ4n) is 4.66. The second-order valence-corrected chi connectivity index (χ2v) is 9.10. The molecule has 32 heavy (non-hydrogen) atoms. The third kappa shape index (κ3) is 3.58. The quantitative estimate of drug-likeness (QED) is 0.590. The van der Waals surface area contributed by atoms with Gasteiger partial charge >= 0.3 is 0 Å². The maximum atomic E-state index is 9.98. The van der Waals surface area contributed by atoms with Gasteiger partial charge in [-0.25, -0.2) is 9.97 Å². The summed E-state index contributed by atoms with van der Waals surface area (Å²) in [6.07, 6.45) is 5.19. The van der Waals surface area contributed by atoms with Crippen molar-refractivity contribution in [2.75, 3.05) is 18.5 Å². The topological polar surface area (TPSA) is 91.1 Å². The van der Waals surface area contributed by atoms with Crippen molar-refractivity contribution in [2.24, 2.45) is 0 Å². The van der Waals surface area contributed by atoms with Gasteiger partial charge in [-0.3, -0.25) is 0 Å². The second kappa shape index (κ2) is 8.09. The summed E-state index contributed by atoms with van der Waals surface area (Å²) in [5.74, 6) is 1.21. The lowest BCUT2D eigenvalue weighted by Gasteiger charge is -2.23. The van der Waals surface area contributed by atoms with E-state index in [1.54, 1.807) is 6.20 Å². The average Bonchev–Trinajstić information content (AvgIpc) is 3.16. The minimum absolute atomic E-state index is 0.0464. The van der Waals surface area contributed by atoms with E-state index in [1.807, 2.05) is 31.2 Å². The van der Waals surface area contributed by atoms with Gasteiger partial charge in [0, 0.05) is 22.2 Å². The van der Waals surface area contributed by atoms with Crippen molar-refractivity contribution >= 4 is 23.2 Å². The first-order valence-electron chi connectivity index (χ1n) is 10.7. The summed E-state index contributed by atoms with van der Waals surface area (Å²) >= 11 is 6.32. The van der Waals surface area contributed by atoms with E-state index in [4.69, 9.17) is 21.3 Å². The number of nitriles is 1. The van der Waals surface area contributed by atoms with Gasteiger partial charge in [0.15, 0.2) is 0 Å². The molecular weight excluding hydrogens is 424 g/mol. The molecule has 1 aromatic heterocycles. The van der Waals surface area contributed by atoms with Gasteiger partial charge in [0.2, 0.25) is 5.95 Å². The van der Waals surface area contributed by atoms with Gasteiger partial charge in [-0.1, -0.05) is 18.5 Å². The van der Waals surface area contributed by atoms with E-state index >= 15 is 0 Å². The smallest absolute Gasteiger partial charge is 0.227 e. The third-order valence-corrected chi connectivity index (χ3v) is 6.68. The van der Waals surface area contributed by atoms with Crippen LogP contribution in [0.4, 0.5) is 11.6 Å². The molecule has 0 saturated heterocycles. The van der Waals surface area contributed by atoms with Crippen molar-refractivity contribution in [3.8, 4) is 23.1 Å². The molecule has 7 heteroatoms. The molecule has 2 aliphatic rings. The van der Waals surface area contributed by atoms with E-state index in [0.717, 1.165) is 59.4 Å². The number of nitrogens with zero attached hydrogens (tertiary/aromatic N) is 3. The molecule has 1 aliphatic carbocycles. The van der Waals surface area contributed by atoms with Crippen LogP contribution in [0.5, 0.6) is 5.75 Å². The molecule has 2 N–H and O–H groups in total. The Bertz CT molecular complexity index is 1250. The van der Waals surface area contributed by atoms with E-state index in [9.17, 15) is 10.4 Å². The van der Waals surface area contributed by atoms with E-state index < -0.39 is 0 Å². The Balaban J connectivity index is 1.53. The molecular formula is C25H23ClN4O2. The lowest BCUT2D eigenvalue weighted by molar-refractivity contribution is 0.206. The summed E-state index contributed by atoms with van der Waals surface area (Å²) in [6.45, 7) is 2.75. The Morgan fingerprint density at radius 1 is 1.28 bits per heavy atom. The van der Waals surface area contributed by atoms with Crippen LogP contribution >= 0.6 is 11.6 Å². The predicted octanol–water partition coefficient (Wildman–Crippen LogP) is 4.93. The zero-order valence-electron chi connectivity index (χ0n) is 17.8. The summed E-state index contributed by atoms with van der Waals surface area (Å²) in [4.78, 5) is 9.07. The SMILES string of the molecule is CC1(CO)CCc2c(C#N)cc(-c3ccnc(Nc4cc(Cl)cc5c4OCCC5)n3)cc21. The molecule has 2 aromatic carbocycles. The molecule has 5 rings (SSSR count). The van der Waals surface area contributed by atoms with Crippen LogP contribution in [0.15, 0.2) is 36.5 Å². The Labute approximate surface area is 191 Å². The van der Waals surface area contributed by atoms with Crippen LogP contribution in [0, 0.1) is 11.3 Å². The summed E-state index contributed by atoms with van der Waals surface area (Å²) in [7, 11) is 0. The molecule has 2 heterocycles. The number of fused-ring (bicyclic) bond motifs is 2. The van der Waals surface area contributed by atoms with Gasteiger partial charge < -0.3 is 15.2 Å². The number of aryl methyl sites for hydroxylation is 1. The first-order chi connectivity index (χ1) is 15.5. The highest BCUT2D eigenvalue weighted by molar-refractivity contribution is 6.31. The van der Waals surface area contributed by atoms with Crippen molar-refractivity contribution in [1.82, 2.24) is 9.97 Å². The van der Waals surface area contributed by atoms with E-state index in [1.165, 1.54) is 0 Å². The van der Waals surface area contributed by atoms with Gasteiger partial charge in [-0.2, -0.15) is 5.26 Å². The molecule has 0 radical (unpaired) electrons. The Hall–Kier alpha value is -3.14. The highest BCUT2D eigenvalue weighted by Gasteiger charge is 2.35. The van der Waals surface area contributed by atoms with Crippen LogP contribution in [0.2, 0.25) is 5.02 Å². The monoisotopic (exact) mass is 446 g/mol. The zero-order valence-corrected chi connectivity index (χ0v) is 18.5. The number of aliphatic hydroxyl groups excluding tert-OH is 1. The van der Waals surface area contributed by atoms with E-state index in [2.05, 4.69) is 22.4 Å². The van der Waals surface area contributed by atoms with Gasteiger partial charge in [0.05, 0.1) is 36.2 Å². The zero-order chi connectivity index (χ0) is 22.3. The number of hydrogen-bond donors (Lipinski definition) is 2. The van der Waals surface area contributed by atoms with E-state index in [0.29, 0.717) is 28.8 Å². The first-order valence-corrected chi connectivity index (χ1v) is 11.1. The number of hydrogen-bond acceptors (Lipinski definition) is 6. The van der Waals surface area contributed by atoms with Gasteiger partial charge in [-0.15, -0.1) is 0 Å². The minimum Gasteiger partial charge on any atom is -0.491 e. The molecule has 1 unspecified atom stereocenters. The molecule has 0 spiro atoms. The molecule has 1 atom stereocenters. The third-order valence-electron chi connectivity index (χ3n) is 6.46. The van der Waals surface area contributed by atoms with Crippen LogP contribution in [0.25, 0.3) is 11.3 Å². The van der Waals surface area contributed by atoms with E-state index in [-0.39, 0.29) is 12.0 Å². The van der Waals surface area contributed by atoms with Crippen molar-refractivity contribution in [3.05, 3.63) is 63.8 Å². The van der Waals surface area contributed by atoms with Crippen LogP contribution < -0.4 is 10.1 Å². The highest BCUT2D eigenvalue weighted by atomic mass is 35.5. The number of benzene rings is 2. The van der Waals surface area contributed by atoms with Crippen molar-refractivity contribution in [3.63, 3.8) is 0 Å². The van der Waals surface area contributed by atoms with Crippen molar-refractivity contribution in [1.29, 1.82) is 5.26 Å². The lowest BCUT2D eigenvalue weighted by Crippen LogP contribution is -2.23. The van der Waals surface area contributed by atoms with Gasteiger partial charge in [0.25, 0.3) is 0 Å². The highest BCUT2D eigenvalue weighted by Crippen LogP contribution is 2.42. The number of halogens is 1. The largest absolute Gasteiger partial charge is 0.491 e. The van der Waals surface area contributed by atoms with Gasteiger partial charge in [-0.05, 0) is 72.7 Å². The Morgan fingerprint density at radius 2 is 2.16 bits per heavy atom. The van der Waals surface area contributed by atoms with Gasteiger partial charge in [0.1, 0.15) is 5.75 Å². The molecule has 0 amide bonds. The fraction of sp³-hybridized carbons (Fsp3) is 0.320. The maximum Gasteiger partial charge on any atom is 0.227 e. The number of rotatable bonds is 4. The summed E-state index contributed by atoms with van der Waals surface area (Å²) in [6, 6.07) is 11.8. The minimum atomic E-state index is -0.345. The predicted molar refractivity (Wildman–Crippen MR) is 123 cm³/mol. The van der Waals surface area contributed by atoms with Crippen LogP contribution in [-0.2, 0) is 18.3 Å². The average molecular weight is 447 g/mol. The molecule has 0 bridgehead atoms. The van der Waals surface area contributed by atoms with Crippen LogP contribution in [-0.4, -0.2) is 28.3 Å². The summed E-state index contributed by atoms with van der Waals surface area (Å²) in [5.41, 5.74) is 5.69. The summed E-state index contributed by atoms with van der Waals surface area (Å²) < 4.78 is 5.88. The summed E-state index contributed by atoms with van der Waals surface area (Å²) in [5, 5.41) is 23.6. The number of anilines is 2. The molecule has 0 fully saturated rings. The number of nitrogens with one attached hydrogen (secondary N) is 1. The van der Waals surface area contributed by atoms with Crippen molar-refractivity contribution in [2.45, 2.75) is 38.0 Å². The number of aromatic nitrogens is 2.